The Balaban J connectivity index is 2.38. The molecule has 0 aliphatic rings. The van der Waals surface area contributed by atoms with Gasteiger partial charge in [0.05, 0.1) is 6.61 Å². The van der Waals surface area contributed by atoms with E-state index in [9.17, 15) is 4.39 Å². The largest absolute Gasteiger partial charge is 0.380 e. The molecule has 0 saturated carbocycles. The highest BCUT2D eigenvalue weighted by atomic mass is 19.1. The van der Waals surface area contributed by atoms with Crippen molar-refractivity contribution in [3.63, 3.8) is 0 Å². The zero-order chi connectivity index (χ0) is 12.5. The van der Waals surface area contributed by atoms with Gasteiger partial charge in [0.2, 0.25) is 0 Å². The third-order valence-corrected chi connectivity index (χ3v) is 2.98. The summed E-state index contributed by atoms with van der Waals surface area (Å²) in [4.78, 5) is 0. The molecular formula is C15H23FO. The second kappa shape index (κ2) is 8.24. The summed E-state index contributed by atoms with van der Waals surface area (Å²) in [5, 5.41) is 0. The topological polar surface area (TPSA) is 9.23 Å². The molecule has 0 radical (unpaired) electrons. The Morgan fingerprint density at radius 2 is 1.88 bits per heavy atom. The fourth-order valence-electron chi connectivity index (χ4n) is 1.97. The zero-order valence-corrected chi connectivity index (χ0v) is 11.0. The minimum absolute atomic E-state index is 0.0879. The van der Waals surface area contributed by atoms with Crippen molar-refractivity contribution in [2.24, 2.45) is 0 Å². The van der Waals surface area contributed by atoms with Crippen LogP contribution in [0.5, 0.6) is 0 Å². The maximum atomic E-state index is 13.7. The summed E-state index contributed by atoms with van der Waals surface area (Å²) in [5.41, 5.74) is 1.74. The number of benzene rings is 1. The van der Waals surface area contributed by atoms with E-state index in [1.54, 1.807) is 13.2 Å². The third kappa shape index (κ3) is 5.31. The van der Waals surface area contributed by atoms with Crippen molar-refractivity contribution in [1.82, 2.24) is 0 Å². The van der Waals surface area contributed by atoms with Gasteiger partial charge in [-0.2, -0.15) is 0 Å². The lowest BCUT2D eigenvalue weighted by Gasteiger charge is -2.06. The van der Waals surface area contributed by atoms with Gasteiger partial charge in [-0.25, -0.2) is 4.39 Å². The lowest BCUT2D eigenvalue weighted by Crippen LogP contribution is -1.95. The highest BCUT2D eigenvalue weighted by Gasteiger charge is 2.03. The first kappa shape index (κ1) is 14.2. The minimum atomic E-state index is -0.0879. The van der Waals surface area contributed by atoms with Crippen molar-refractivity contribution in [1.29, 1.82) is 0 Å². The Bertz CT molecular complexity index is 323. The predicted octanol–water partition coefficient (Wildman–Crippen LogP) is 4.49. The van der Waals surface area contributed by atoms with E-state index >= 15 is 0 Å². The average molecular weight is 238 g/mol. The van der Waals surface area contributed by atoms with Crippen LogP contribution in [0, 0.1) is 5.82 Å². The van der Waals surface area contributed by atoms with Gasteiger partial charge in [0, 0.05) is 7.11 Å². The van der Waals surface area contributed by atoms with Crippen LogP contribution in [0.1, 0.15) is 50.2 Å². The van der Waals surface area contributed by atoms with Crippen LogP contribution in [-0.4, -0.2) is 7.11 Å². The fourth-order valence-corrected chi connectivity index (χ4v) is 1.97. The Labute approximate surface area is 104 Å². The second-order valence-electron chi connectivity index (χ2n) is 4.52. The summed E-state index contributed by atoms with van der Waals surface area (Å²) in [6, 6.07) is 5.43. The van der Waals surface area contributed by atoms with Gasteiger partial charge in [-0.3, -0.25) is 0 Å². The lowest BCUT2D eigenvalue weighted by molar-refractivity contribution is 0.184. The highest BCUT2D eigenvalue weighted by molar-refractivity contribution is 5.24. The van der Waals surface area contributed by atoms with Crippen LogP contribution >= 0.6 is 0 Å². The van der Waals surface area contributed by atoms with Crippen LogP contribution in [0.25, 0.3) is 0 Å². The molecule has 0 aliphatic heterocycles. The molecule has 0 spiro atoms. The Hall–Kier alpha value is -0.890. The van der Waals surface area contributed by atoms with Gasteiger partial charge in [0.15, 0.2) is 0 Å². The minimum Gasteiger partial charge on any atom is -0.380 e. The van der Waals surface area contributed by atoms with Gasteiger partial charge in [-0.05, 0) is 30.0 Å². The van der Waals surface area contributed by atoms with E-state index in [4.69, 9.17) is 4.74 Å². The van der Waals surface area contributed by atoms with Crippen LogP contribution in [0.4, 0.5) is 4.39 Å². The summed E-state index contributed by atoms with van der Waals surface area (Å²) in [5.74, 6) is -0.0879. The number of hydrogen-bond donors (Lipinski definition) is 0. The molecular weight excluding hydrogens is 215 g/mol. The number of aryl methyl sites for hydroxylation is 1. The summed E-state index contributed by atoms with van der Waals surface area (Å²) < 4.78 is 18.7. The molecule has 1 aromatic carbocycles. The highest BCUT2D eigenvalue weighted by Crippen LogP contribution is 2.15. The smallest absolute Gasteiger partial charge is 0.126 e. The van der Waals surface area contributed by atoms with Crippen molar-refractivity contribution in [3.05, 3.63) is 35.1 Å². The lowest BCUT2D eigenvalue weighted by atomic mass is 10.0. The van der Waals surface area contributed by atoms with Crippen molar-refractivity contribution in [3.8, 4) is 0 Å². The van der Waals surface area contributed by atoms with Crippen LogP contribution < -0.4 is 0 Å². The molecule has 0 unspecified atom stereocenters. The molecule has 2 heteroatoms. The predicted molar refractivity (Wildman–Crippen MR) is 69.6 cm³/mol. The molecule has 0 heterocycles. The van der Waals surface area contributed by atoms with Crippen LogP contribution in [-0.2, 0) is 17.8 Å². The summed E-state index contributed by atoms with van der Waals surface area (Å²) >= 11 is 0. The molecule has 0 aromatic heterocycles. The van der Waals surface area contributed by atoms with Gasteiger partial charge in [0.25, 0.3) is 0 Å². The van der Waals surface area contributed by atoms with Crippen molar-refractivity contribution < 1.29 is 9.13 Å². The maximum absolute atomic E-state index is 13.7. The first-order valence-corrected chi connectivity index (χ1v) is 6.54. The van der Waals surface area contributed by atoms with E-state index in [1.165, 1.54) is 25.7 Å². The monoisotopic (exact) mass is 238 g/mol. The summed E-state index contributed by atoms with van der Waals surface area (Å²) in [6.45, 7) is 2.68. The normalized spacial score (nSPS) is 10.8. The van der Waals surface area contributed by atoms with E-state index < -0.39 is 0 Å². The summed E-state index contributed by atoms with van der Waals surface area (Å²) in [7, 11) is 1.62. The first-order chi connectivity index (χ1) is 8.27. The molecule has 1 rings (SSSR count). The number of rotatable bonds is 8. The number of unbranched alkanes of at least 4 members (excludes halogenated alkanes) is 4. The van der Waals surface area contributed by atoms with Gasteiger partial charge >= 0.3 is 0 Å². The molecule has 96 valence electrons. The molecule has 0 N–H and O–H groups in total. The van der Waals surface area contributed by atoms with E-state index in [0.29, 0.717) is 6.61 Å². The van der Waals surface area contributed by atoms with E-state index in [0.717, 1.165) is 24.0 Å². The van der Waals surface area contributed by atoms with Gasteiger partial charge in [0.1, 0.15) is 5.82 Å². The second-order valence-corrected chi connectivity index (χ2v) is 4.52. The van der Waals surface area contributed by atoms with E-state index in [-0.39, 0.29) is 5.82 Å². The molecule has 0 saturated heterocycles. The summed E-state index contributed by atoms with van der Waals surface area (Å²) in [6.07, 6.45) is 6.94. The number of methoxy groups -OCH3 is 1. The van der Waals surface area contributed by atoms with Gasteiger partial charge in [-0.15, -0.1) is 0 Å². The quantitative estimate of drug-likeness (QED) is 0.606. The standard InChI is InChI=1S/C15H23FO/c1-3-4-5-6-7-8-14-10-9-13(12-17-2)11-15(14)16/h9-11H,3-8,12H2,1-2H3. The van der Waals surface area contributed by atoms with Gasteiger partial charge < -0.3 is 4.74 Å². The number of halogens is 1. The molecule has 0 amide bonds. The Kier molecular flexibility index (Phi) is 6.87. The molecule has 0 bridgehead atoms. The van der Waals surface area contributed by atoms with Crippen molar-refractivity contribution in [2.75, 3.05) is 7.11 Å². The van der Waals surface area contributed by atoms with Crippen LogP contribution in [0.15, 0.2) is 18.2 Å². The number of hydrogen-bond acceptors (Lipinski definition) is 1. The van der Waals surface area contributed by atoms with Gasteiger partial charge in [-0.1, -0.05) is 44.7 Å². The molecule has 0 aliphatic carbocycles. The van der Waals surface area contributed by atoms with Crippen molar-refractivity contribution in [2.45, 2.75) is 52.1 Å². The van der Waals surface area contributed by atoms with Crippen LogP contribution in [0.2, 0.25) is 0 Å². The van der Waals surface area contributed by atoms with E-state index in [2.05, 4.69) is 6.92 Å². The molecule has 0 fully saturated rings. The van der Waals surface area contributed by atoms with Crippen molar-refractivity contribution >= 4 is 0 Å². The average Bonchev–Trinajstić information content (AvgIpc) is 2.32. The SMILES string of the molecule is CCCCCCCc1ccc(COC)cc1F. The molecule has 17 heavy (non-hydrogen) atoms. The molecule has 1 nitrogen and oxygen atoms in total. The first-order valence-electron chi connectivity index (χ1n) is 6.54. The molecule has 0 atom stereocenters. The molecule has 1 aromatic rings. The number of ether oxygens (including phenoxy) is 1. The Morgan fingerprint density at radius 1 is 1.12 bits per heavy atom. The third-order valence-electron chi connectivity index (χ3n) is 2.98. The van der Waals surface area contributed by atoms with Crippen LogP contribution in [0.3, 0.4) is 0 Å². The Morgan fingerprint density at radius 3 is 2.53 bits per heavy atom. The van der Waals surface area contributed by atoms with E-state index in [1.807, 2.05) is 12.1 Å². The fraction of sp³-hybridized carbons (Fsp3) is 0.600. The maximum Gasteiger partial charge on any atom is 0.126 e. The zero-order valence-electron chi connectivity index (χ0n) is 11.0.